The molecular formula is C6H2Cl3O. The molecule has 0 aliphatic rings. The van der Waals surface area contributed by atoms with Crippen molar-refractivity contribution in [1.29, 1.82) is 0 Å². The van der Waals surface area contributed by atoms with Crippen LogP contribution in [-0.4, -0.2) is 0 Å². The van der Waals surface area contributed by atoms with E-state index in [0.29, 0.717) is 0 Å². The van der Waals surface area contributed by atoms with Crippen LogP contribution in [0.4, 0.5) is 0 Å². The van der Waals surface area contributed by atoms with Crippen molar-refractivity contribution in [3.05, 3.63) is 27.2 Å². The zero-order valence-electron chi connectivity index (χ0n) is 4.70. The van der Waals surface area contributed by atoms with Crippen LogP contribution in [0, 0.1) is 0 Å². The van der Waals surface area contributed by atoms with Gasteiger partial charge in [0.1, 0.15) is 5.02 Å². The summed E-state index contributed by atoms with van der Waals surface area (Å²) in [5.74, 6) is -0.421. The van der Waals surface area contributed by atoms with Gasteiger partial charge in [-0.15, -0.1) is 0 Å². The predicted molar refractivity (Wildman–Crippen MR) is 41.6 cm³/mol. The number of hydrogen-bond acceptors (Lipinski definition) is 0. The van der Waals surface area contributed by atoms with Gasteiger partial charge in [0.05, 0.1) is 10.0 Å². The molecule has 0 fully saturated rings. The second-order valence-electron chi connectivity index (χ2n) is 1.67. The normalized spacial score (nSPS) is 9.90. The van der Waals surface area contributed by atoms with Gasteiger partial charge in [-0.05, 0) is 12.1 Å². The predicted octanol–water partition coefficient (Wildman–Crippen LogP) is 3.79. The Morgan fingerprint density at radius 2 is 1.50 bits per heavy atom. The second kappa shape index (κ2) is 2.87. The Morgan fingerprint density at radius 3 is 2.00 bits per heavy atom. The van der Waals surface area contributed by atoms with Gasteiger partial charge in [-0.3, -0.25) is 5.11 Å². The molecule has 1 nitrogen and oxygen atoms in total. The highest BCUT2D eigenvalue weighted by molar-refractivity contribution is 6.44. The van der Waals surface area contributed by atoms with Crippen molar-refractivity contribution in [2.45, 2.75) is 0 Å². The van der Waals surface area contributed by atoms with Gasteiger partial charge in [-0.2, -0.15) is 0 Å². The average molecular weight is 196 g/mol. The molecule has 4 heteroatoms. The molecule has 0 aromatic heterocycles. The maximum absolute atomic E-state index is 10.8. The maximum Gasteiger partial charge on any atom is 0.217 e. The van der Waals surface area contributed by atoms with Crippen LogP contribution >= 0.6 is 34.8 Å². The molecule has 1 rings (SSSR count). The molecule has 0 saturated carbocycles. The van der Waals surface area contributed by atoms with Gasteiger partial charge < -0.3 is 0 Å². The van der Waals surface area contributed by atoms with Crippen molar-refractivity contribution in [3.63, 3.8) is 0 Å². The van der Waals surface area contributed by atoms with E-state index in [1.165, 1.54) is 12.1 Å². The summed E-state index contributed by atoms with van der Waals surface area (Å²) in [4.78, 5) is 0. The lowest BCUT2D eigenvalue weighted by Crippen LogP contribution is -1.70. The van der Waals surface area contributed by atoms with E-state index < -0.39 is 5.75 Å². The lowest BCUT2D eigenvalue weighted by atomic mass is 10.3. The first-order chi connectivity index (χ1) is 4.63. The highest BCUT2D eigenvalue weighted by atomic mass is 35.5. The Labute approximate surface area is 73.1 Å². The largest absolute Gasteiger partial charge is 0.287 e. The molecule has 0 aliphatic carbocycles. The van der Waals surface area contributed by atoms with Crippen molar-refractivity contribution in [2.75, 3.05) is 0 Å². The zero-order chi connectivity index (χ0) is 7.72. The third-order valence-corrected chi connectivity index (χ3v) is 2.09. The molecule has 0 N–H and O–H groups in total. The van der Waals surface area contributed by atoms with Gasteiger partial charge in [-0.25, -0.2) is 0 Å². The molecule has 1 aromatic rings. The first kappa shape index (κ1) is 7.99. The van der Waals surface area contributed by atoms with Crippen LogP contribution in [-0.2, 0) is 5.11 Å². The fourth-order valence-corrected chi connectivity index (χ4v) is 1.03. The van der Waals surface area contributed by atoms with Crippen molar-refractivity contribution < 1.29 is 5.11 Å². The molecule has 1 radical (unpaired) electrons. The fourth-order valence-electron chi connectivity index (χ4n) is 0.508. The van der Waals surface area contributed by atoms with Crippen molar-refractivity contribution in [1.82, 2.24) is 0 Å². The standard InChI is InChI=1S/C6H2Cl3O/c7-3-1-2-4(8)6(10)5(3)9/h1-2H. The second-order valence-corrected chi connectivity index (χ2v) is 2.86. The lowest BCUT2D eigenvalue weighted by molar-refractivity contribution is 0.355. The van der Waals surface area contributed by atoms with Gasteiger partial charge >= 0.3 is 0 Å². The highest BCUT2D eigenvalue weighted by Gasteiger charge is 2.08. The summed E-state index contributed by atoms with van der Waals surface area (Å²) >= 11 is 16.4. The Bertz CT molecular complexity index is 232. The van der Waals surface area contributed by atoms with Crippen LogP contribution < -0.4 is 0 Å². The minimum atomic E-state index is -0.421. The van der Waals surface area contributed by atoms with Crippen LogP contribution in [0.25, 0.3) is 0 Å². The van der Waals surface area contributed by atoms with E-state index in [4.69, 9.17) is 34.8 Å². The SMILES string of the molecule is [O]c1c(Cl)ccc(Cl)c1Cl. The third kappa shape index (κ3) is 1.31. The molecular weight excluding hydrogens is 194 g/mol. The maximum atomic E-state index is 10.8. The summed E-state index contributed by atoms with van der Waals surface area (Å²) in [6, 6.07) is 2.89. The summed E-state index contributed by atoms with van der Waals surface area (Å²) in [5, 5.41) is 11.1. The Kier molecular flexibility index (Phi) is 2.29. The van der Waals surface area contributed by atoms with Crippen LogP contribution in [0.5, 0.6) is 5.75 Å². The molecule has 0 amide bonds. The minimum Gasteiger partial charge on any atom is -0.287 e. The fraction of sp³-hybridized carbons (Fsp3) is 0. The van der Waals surface area contributed by atoms with Crippen molar-refractivity contribution in [2.24, 2.45) is 0 Å². The molecule has 0 saturated heterocycles. The lowest BCUT2D eigenvalue weighted by Gasteiger charge is -1.96. The smallest absolute Gasteiger partial charge is 0.217 e. The van der Waals surface area contributed by atoms with Gasteiger partial charge in [0.25, 0.3) is 0 Å². The molecule has 0 atom stereocenters. The molecule has 10 heavy (non-hydrogen) atoms. The first-order valence-corrected chi connectivity index (χ1v) is 3.57. The van der Waals surface area contributed by atoms with E-state index in [1.807, 2.05) is 0 Å². The molecule has 0 spiro atoms. The minimum absolute atomic E-state index is 0.0193. The molecule has 0 aliphatic heterocycles. The monoisotopic (exact) mass is 195 g/mol. The van der Waals surface area contributed by atoms with E-state index in [1.54, 1.807) is 0 Å². The van der Waals surface area contributed by atoms with Gasteiger partial charge in [0.15, 0.2) is 0 Å². The number of benzene rings is 1. The average Bonchev–Trinajstić information content (AvgIpc) is 1.93. The van der Waals surface area contributed by atoms with E-state index >= 15 is 0 Å². The van der Waals surface area contributed by atoms with E-state index in [9.17, 15) is 5.11 Å². The topological polar surface area (TPSA) is 19.9 Å². The van der Waals surface area contributed by atoms with Crippen LogP contribution in [0.15, 0.2) is 12.1 Å². The van der Waals surface area contributed by atoms with Crippen LogP contribution in [0.2, 0.25) is 15.1 Å². The molecule has 0 heterocycles. The summed E-state index contributed by atoms with van der Waals surface area (Å²) in [6.07, 6.45) is 0. The number of hydrogen-bond donors (Lipinski definition) is 0. The van der Waals surface area contributed by atoms with E-state index in [-0.39, 0.29) is 15.1 Å². The Morgan fingerprint density at radius 1 is 1.00 bits per heavy atom. The number of halogens is 3. The molecule has 1 aromatic carbocycles. The first-order valence-electron chi connectivity index (χ1n) is 2.43. The summed E-state index contributed by atoms with van der Waals surface area (Å²) < 4.78 is 0. The quantitative estimate of drug-likeness (QED) is 0.563. The van der Waals surface area contributed by atoms with Gasteiger partial charge in [-0.1, -0.05) is 34.8 Å². The third-order valence-electron chi connectivity index (χ3n) is 1.00. The summed E-state index contributed by atoms with van der Waals surface area (Å²) in [5.41, 5.74) is 0. The van der Waals surface area contributed by atoms with Gasteiger partial charge in [0, 0.05) is 0 Å². The molecule has 0 bridgehead atoms. The van der Waals surface area contributed by atoms with Crippen LogP contribution in [0.1, 0.15) is 0 Å². The zero-order valence-corrected chi connectivity index (χ0v) is 6.96. The van der Waals surface area contributed by atoms with Gasteiger partial charge in [0.2, 0.25) is 5.75 Å². The molecule has 53 valence electrons. The highest BCUT2D eigenvalue weighted by Crippen LogP contribution is 2.36. The summed E-state index contributed by atoms with van der Waals surface area (Å²) in [7, 11) is 0. The van der Waals surface area contributed by atoms with E-state index in [2.05, 4.69) is 0 Å². The Hall–Kier alpha value is -0.110. The van der Waals surface area contributed by atoms with Crippen molar-refractivity contribution >= 4 is 34.8 Å². The van der Waals surface area contributed by atoms with E-state index in [0.717, 1.165) is 0 Å². The number of rotatable bonds is 0. The summed E-state index contributed by atoms with van der Waals surface area (Å²) in [6.45, 7) is 0. The molecule has 0 unspecified atom stereocenters. The van der Waals surface area contributed by atoms with Crippen LogP contribution in [0.3, 0.4) is 0 Å². The van der Waals surface area contributed by atoms with Crippen molar-refractivity contribution in [3.8, 4) is 5.75 Å². The Balaban J connectivity index is 3.34.